The third-order valence-electron chi connectivity index (χ3n) is 3.68. The molecule has 0 atom stereocenters. The second kappa shape index (κ2) is 8.73. The van der Waals surface area contributed by atoms with Crippen LogP contribution in [0, 0.1) is 5.82 Å². The first-order valence-electron chi connectivity index (χ1n) is 7.91. The van der Waals surface area contributed by atoms with Crippen LogP contribution in [0.15, 0.2) is 36.5 Å². The van der Waals surface area contributed by atoms with Gasteiger partial charge in [-0.3, -0.25) is 9.28 Å². The summed E-state index contributed by atoms with van der Waals surface area (Å²) >= 11 is 0. The van der Waals surface area contributed by atoms with E-state index in [9.17, 15) is 9.18 Å². The molecule has 0 bridgehead atoms. The van der Waals surface area contributed by atoms with E-state index >= 15 is 0 Å². The normalized spacial score (nSPS) is 12.0. The summed E-state index contributed by atoms with van der Waals surface area (Å²) < 4.78 is 13.8. The monoisotopic (exact) mass is 292 g/mol. The fourth-order valence-corrected chi connectivity index (χ4v) is 2.83. The predicted molar refractivity (Wildman–Crippen MR) is 85.6 cm³/mol. The molecule has 2 nitrogen and oxygen atoms in total. The molecule has 0 spiro atoms. The summed E-state index contributed by atoms with van der Waals surface area (Å²) in [6.45, 7) is 9.68. The molecule has 0 aliphatic carbocycles. The van der Waals surface area contributed by atoms with E-state index in [0.29, 0.717) is 5.56 Å². The molecule has 0 radical (unpaired) electrons. The Labute approximate surface area is 127 Å². The second-order valence-corrected chi connectivity index (χ2v) is 5.58. The van der Waals surface area contributed by atoms with Crippen LogP contribution in [-0.4, -0.2) is 29.9 Å². The largest absolute Gasteiger partial charge is 0.297 e. The quantitative estimate of drug-likeness (QED) is 0.370. The van der Waals surface area contributed by atoms with Crippen LogP contribution in [0.4, 0.5) is 4.39 Å². The van der Waals surface area contributed by atoms with Gasteiger partial charge in [0.2, 0.25) is 0 Å². The lowest BCUT2D eigenvalue weighted by Crippen LogP contribution is -2.44. The first kappa shape index (κ1) is 17.6. The third kappa shape index (κ3) is 5.43. The van der Waals surface area contributed by atoms with Gasteiger partial charge in [0.15, 0.2) is 5.78 Å². The molecular weight excluding hydrogens is 265 g/mol. The van der Waals surface area contributed by atoms with Crippen LogP contribution in [0.1, 0.15) is 50.4 Å². The zero-order chi connectivity index (χ0) is 15.7. The Kier molecular flexibility index (Phi) is 7.30. The smallest absolute Gasteiger partial charge is 0.191 e. The highest BCUT2D eigenvalue weighted by molar-refractivity contribution is 6.04. The Morgan fingerprint density at radius 2 is 1.48 bits per heavy atom. The number of rotatable bonds is 9. The molecule has 0 amide bonds. The van der Waals surface area contributed by atoms with Crippen molar-refractivity contribution in [2.24, 2.45) is 0 Å². The van der Waals surface area contributed by atoms with Gasteiger partial charge < -0.3 is 0 Å². The minimum atomic E-state index is -0.316. The molecule has 0 saturated heterocycles. The van der Waals surface area contributed by atoms with E-state index in [2.05, 4.69) is 20.8 Å². The minimum Gasteiger partial charge on any atom is -0.297 e. The standard InChI is InChI=1S/C18H27FNO/c1-4-12-20(13-5-2,14-6-3)15-11-18(21)16-7-9-17(19)10-8-16/h7-11,15H,4-6,12-14H2,1-3H3/q+1/b15-11+. The molecule has 0 aliphatic rings. The number of allylic oxidation sites excluding steroid dienone is 1. The van der Waals surface area contributed by atoms with Gasteiger partial charge in [-0.25, -0.2) is 4.39 Å². The molecule has 1 aromatic rings. The van der Waals surface area contributed by atoms with Crippen molar-refractivity contribution < 1.29 is 13.7 Å². The zero-order valence-electron chi connectivity index (χ0n) is 13.4. The van der Waals surface area contributed by atoms with Crippen LogP contribution in [-0.2, 0) is 0 Å². The number of hydrogen-bond donors (Lipinski definition) is 0. The molecule has 0 saturated carbocycles. The predicted octanol–water partition coefficient (Wildman–Crippen LogP) is 4.57. The van der Waals surface area contributed by atoms with Crippen molar-refractivity contribution in [3.8, 4) is 0 Å². The molecule has 1 rings (SSSR count). The van der Waals surface area contributed by atoms with Gasteiger partial charge in [0, 0.05) is 11.6 Å². The van der Waals surface area contributed by atoms with Gasteiger partial charge in [-0.1, -0.05) is 20.8 Å². The topological polar surface area (TPSA) is 17.1 Å². The van der Waals surface area contributed by atoms with E-state index in [1.165, 1.54) is 24.3 Å². The highest BCUT2D eigenvalue weighted by Gasteiger charge is 2.22. The van der Waals surface area contributed by atoms with Gasteiger partial charge in [0.25, 0.3) is 0 Å². The molecule has 0 aliphatic heterocycles. The van der Waals surface area contributed by atoms with Crippen molar-refractivity contribution in [1.29, 1.82) is 0 Å². The average molecular weight is 292 g/mol. The van der Waals surface area contributed by atoms with Gasteiger partial charge in [-0.2, -0.15) is 0 Å². The van der Waals surface area contributed by atoms with Crippen molar-refractivity contribution >= 4 is 5.78 Å². The first-order valence-corrected chi connectivity index (χ1v) is 7.91. The molecule has 0 heterocycles. The van der Waals surface area contributed by atoms with Crippen LogP contribution in [0.3, 0.4) is 0 Å². The van der Waals surface area contributed by atoms with E-state index in [4.69, 9.17) is 0 Å². The van der Waals surface area contributed by atoms with Gasteiger partial charge >= 0.3 is 0 Å². The van der Waals surface area contributed by atoms with Gasteiger partial charge in [-0.15, -0.1) is 0 Å². The van der Waals surface area contributed by atoms with Crippen LogP contribution in [0.2, 0.25) is 0 Å². The van der Waals surface area contributed by atoms with E-state index in [1.807, 2.05) is 6.20 Å². The second-order valence-electron chi connectivity index (χ2n) is 5.58. The fraction of sp³-hybridized carbons (Fsp3) is 0.500. The molecule has 1 aromatic carbocycles. The van der Waals surface area contributed by atoms with Crippen LogP contribution in [0.5, 0.6) is 0 Å². The summed E-state index contributed by atoms with van der Waals surface area (Å²) in [5.41, 5.74) is 0.537. The number of ketones is 1. The van der Waals surface area contributed by atoms with Crippen LogP contribution < -0.4 is 0 Å². The van der Waals surface area contributed by atoms with Crippen molar-refractivity contribution in [2.75, 3.05) is 19.6 Å². The van der Waals surface area contributed by atoms with Crippen molar-refractivity contribution in [3.63, 3.8) is 0 Å². The number of carbonyl (C=O) groups is 1. The van der Waals surface area contributed by atoms with Crippen LogP contribution >= 0.6 is 0 Å². The molecule has 3 heteroatoms. The SMILES string of the molecule is CCC[N+](/C=C/C(=O)c1ccc(F)cc1)(CCC)CCC. The van der Waals surface area contributed by atoms with Crippen molar-refractivity contribution in [3.05, 3.63) is 47.9 Å². The molecule has 0 N–H and O–H groups in total. The highest BCUT2D eigenvalue weighted by Crippen LogP contribution is 2.14. The van der Waals surface area contributed by atoms with Gasteiger partial charge in [0.1, 0.15) is 5.82 Å². The summed E-state index contributed by atoms with van der Waals surface area (Å²) in [5, 5.41) is 0. The van der Waals surface area contributed by atoms with E-state index in [-0.39, 0.29) is 11.6 Å². The van der Waals surface area contributed by atoms with Gasteiger partial charge in [0.05, 0.1) is 25.8 Å². The van der Waals surface area contributed by atoms with Crippen molar-refractivity contribution in [1.82, 2.24) is 0 Å². The summed E-state index contributed by atoms with van der Waals surface area (Å²) in [5.74, 6) is -0.371. The lowest BCUT2D eigenvalue weighted by Gasteiger charge is -2.34. The molecule has 21 heavy (non-hydrogen) atoms. The maximum atomic E-state index is 12.9. The maximum Gasteiger partial charge on any atom is 0.191 e. The zero-order valence-corrected chi connectivity index (χ0v) is 13.4. The lowest BCUT2D eigenvalue weighted by atomic mass is 10.1. The Balaban J connectivity index is 2.89. The first-order chi connectivity index (χ1) is 10.1. The molecule has 0 aromatic heterocycles. The molecule has 116 valence electrons. The number of hydrogen-bond acceptors (Lipinski definition) is 1. The number of benzene rings is 1. The summed E-state index contributed by atoms with van der Waals surface area (Å²) in [6, 6.07) is 5.73. The maximum absolute atomic E-state index is 12.9. The number of carbonyl (C=O) groups excluding carboxylic acids is 1. The molecule has 0 fully saturated rings. The fourth-order valence-electron chi connectivity index (χ4n) is 2.83. The van der Waals surface area contributed by atoms with E-state index in [1.54, 1.807) is 6.08 Å². The number of halogens is 1. The third-order valence-corrected chi connectivity index (χ3v) is 3.68. The molecule has 0 unspecified atom stereocenters. The van der Waals surface area contributed by atoms with Crippen LogP contribution in [0.25, 0.3) is 0 Å². The Hall–Kier alpha value is -1.48. The average Bonchev–Trinajstić information content (AvgIpc) is 2.46. The van der Waals surface area contributed by atoms with E-state index < -0.39 is 0 Å². The Morgan fingerprint density at radius 3 is 1.90 bits per heavy atom. The number of quaternary nitrogens is 1. The van der Waals surface area contributed by atoms with Gasteiger partial charge in [-0.05, 0) is 43.5 Å². The molecular formula is C18H27FNO+. The Morgan fingerprint density at radius 1 is 1.00 bits per heavy atom. The van der Waals surface area contributed by atoms with E-state index in [0.717, 1.165) is 43.4 Å². The summed E-state index contributed by atoms with van der Waals surface area (Å²) in [4.78, 5) is 12.2. The lowest BCUT2D eigenvalue weighted by molar-refractivity contribution is -0.879. The summed E-state index contributed by atoms with van der Waals surface area (Å²) in [6.07, 6.45) is 6.98. The minimum absolute atomic E-state index is 0.0548. The Bertz CT molecular complexity index is 448. The van der Waals surface area contributed by atoms with Crippen molar-refractivity contribution in [2.45, 2.75) is 40.0 Å². The summed E-state index contributed by atoms with van der Waals surface area (Å²) in [7, 11) is 0. The highest BCUT2D eigenvalue weighted by atomic mass is 19.1. The number of nitrogens with zero attached hydrogens (tertiary/aromatic N) is 1.